The van der Waals surface area contributed by atoms with E-state index in [2.05, 4.69) is 4.98 Å². The normalized spacial score (nSPS) is 23.2. The van der Waals surface area contributed by atoms with Crippen LogP contribution < -0.4 is 11.4 Å². The Balaban J connectivity index is 1.82. The lowest BCUT2D eigenvalue weighted by molar-refractivity contribution is -0.152. The van der Waals surface area contributed by atoms with Gasteiger partial charge in [0.15, 0.2) is 18.5 Å². The Morgan fingerprint density at radius 3 is 2.63 bits per heavy atom. The highest BCUT2D eigenvalue weighted by molar-refractivity contribution is 5.89. The molecular formula is C20H22FN3O6. The van der Waals surface area contributed by atoms with Gasteiger partial charge in [0, 0.05) is 18.7 Å². The van der Waals surface area contributed by atoms with E-state index in [9.17, 15) is 14.4 Å². The van der Waals surface area contributed by atoms with Crippen LogP contribution in [0.2, 0.25) is 0 Å². The Morgan fingerprint density at radius 2 is 2.00 bits per heavy atom. The number of anilines is 1. The number of aryl methyl sites for hydroxylation is 1. The molecule has 2 heterocycles. The Morgan fingerprint density at radius 1 is 1.30 bits per heavy atom. The molecule has 0 amide bonds. The molecule has 0 aliphatic carbocycles. The summed E-state index contributed by atoms with van der Waals surface area (Å²) in [6.45, 7) is 2.55. The number of hydrogen-bond donors (Lipinski definition) is 1. The van der Waals surface area contributed by atoms with Crippen molar-refractivity contribution in [1.29, 1.82) is 0 Å². The molecule has 1 saturated heterocycles. The van der Waals surface area contributed by atoms with Crippen molar-refractivity contribution in [2.45, 2.75) is 44.9 Å². The van der Waals surface area contributed by atoms with Gasteiger partial charge in [-0.15, -0.1) is 0 Å². The van der Waals surface area contributed by atoms with Crippen LogP contribution in [0.5, 0.6) is 0 Å². The predicted octanol–water partition coefficient (Wildman–Crippen LogP) is 1.41. The molecule has 1 aromatic carbocycles. The van der Waals surface area contributed by atoms with E-state index in [1.807, 2.05) is 0 Å². The number of halogens is 1. The zero-order valence-corrected chi connectivity index (χ0v) is 16.5. The third-order valence-corrected chi connectivity index (χ3v) is 4.67. The van der Waals surface area contributed by atoms with Crippen molar-refractivity contribution in [1.82, 2.24) is 9.55 Å². The van der Waals surface area contributed by atoms with Crippen LogP contribution in [0.4, 0.5) is 10.2 Å². The van der Waals surface area contributed by atoms with Crippen molar-refractivity contribution >= 4 is 17.8 Å². The number of nitrogen functional groups attached to an aromatic ring is 1. The summed E-state index contributed by atoms with van der Waals surface area (Å²) in [7, 11) is 0. The molecule has 160 valence electrons. The standard InChI is InChI=1S/C20H22FN3O6/c1-3-12-9-24(20(27)23-17(12)22)18-15(21)16(29-11(2)25)14(30-18)10-28-19(26)13-7-5-4-6-8-13/h4-9,14-16,18H,3,10H2,1-2H3,(H2,22,23,27)/t14-,15-,16-,18-/m1/s1. The predicted molar refractivity (Wildman–Crippen MR) is 103 cm³/mol. The number of benzene rings is 1. The summed E-state index contributed by atoms with van der Waals surface area (Å²) >= 11 is 0. The summed E-state index contributed by atoms with van der Waals surface area (Å²) in [5.41, 5.74) is 5.74. The maximum atomic E-state index is 15.2. The molecule has 4 atom stereocenters. The number of carbonyl (C=O) groups is 2. The summed E-state index contributed by atoms with van der Waals surface area (Å²) < 4.78 is 32.0. The number of alkyl halides is 1. The molecule has 0 bridgehead atoms. The monoisotopic (exact) mass is 419 g/mol. The molecule has 1 aromatic heterocycles. The van der Waals surface area contributed by atoms with Crippen LogP contribution in [0, 0.1) is 0 Å². The SMILES string of the molecule is CCc1cn([C@@H]2O[C@H](COC(=O)c3ccccc3)[C@@H](OC(C)=O)[C@H]2F)c(=O)nc1N. The van der Waals surface area contributed by atoms with Gasteiger partial charge in [0.1, 0.15) is 18.5 Å². The van der Waals surface area contributed by atoms with E-state index in [0.29, 0.717) is 17.5 Å². The molecule has 0 saturated carbocycles. The minimum absolute atomic E-state index is 0.0528. The van der Waals surface area contributed by atoms with Gasteiger partial charge in [0.2, 0.25) is 0 Å². The average Bonchev–Trinajstić information content (AvgIpc) is 3.02. The molecule has 30 heavy (non-hydrogen) atoms. The molecule has 3 rings (SSSR count). The Labute approximate surface area is 171 Å². The highest BCUT2D eigenvalue weighted by Crippen LogP contribution is 2.34. The summed E-state index contributed by atoms with van der Waals surface area (Å²) in [4.78, 5) is 39.6. The third kappa shape index (κ3) is 4.48. The first-order valence-corrected chi connectivity index (χ1v) is 9.38. The van der Waals surface area contributed by atoms with E-state index in [1.54, 1.807) is 37.3 Å². The maximum absolute atomic E-state index is 15.2. The minimum atomic E-state index is -1.89. The fraction of sp³-hybridized carbons (Fsp3) is 0.400. The molecule has 2 aromatic rings. The molecule has 0 unspecified atom stereocenters. The van der Waals surface area contributed by atoms with Crippen LogP contribution in [0.3, 0.4) is 0 Å². The van der Waals surface area contributed by atoms with Gasteiger partial charge in [-0.25, -0.2) is 14.0 Å². The zero-order valence-electron chi connectivity index (χ0n) is 16.5. The van der Waals surface area contributed by atoms with Gasteiger partial charge in [0.05, 0.1) is 5.56 Å². The van der Waals surface area contributed by atoms with Crippen LogP contribution in [0.1, 0.15) is 36.0 Å². The van der Waals surface area contributed by atoms with Gasteiger partial charge in [-0.2, -0.15) is 4.98 Å². The van der Waals surface area contributed by atoms with Crippen LogP contribution in [-0.2, 0) is 25.4 Å². The lowest BCUT2D eigenvalue weighted by Crippen LogP contribution is -2.37. The number of ether oxygens (including phenoxy) is 3. The summed E-state index contributed by atoms with van der Waals surface area (Å²) in [5, 5.41) is 0. The number of aromatic nitrogens is 2. The maximum Gasteiger partial charge on any atom is 0.351 e. The first kappa shape index (κ1) is 21.4. The minimum Gasteiger partial charge on any atom is -0.459 e. The Kier molecular flexibility index (Phi) is 6.46. The van der Waals surface area contributed by atoms with Gasteiger partial charge in [-0.1, -0.05) is 25.1 Å². The van der Waals surface area contributed by atoms with E-state index >= 15 is 4.39 Å². The highest BCUT2D eigenvalue weighted by atomic mass is 19.1. The summed E-state index contributed by atoms with van der Waals surface area (Å²) in [5.74, 6) is -1.32. The first-order chi connectivity index (χ1) is 14.3. The van der Waals surface area contributed by atoms with Crippen LogP contribution in [0.25, 0.3) is 0 Å². The van der Waals surface area contributed by atoms with E-state index in [4.69, 9.17) is 19.9 Å². The lowest BCUT2D eigenvalue weighted by Gasteiger charge is -2.18. The first-order valence-electron chi connectivity index (χ1n) is 9.38. The van der Waals surface area contributed by atoms with Crippen molar-refractivity contribution in [3.63, 3.8) is 0 Å². The quantitative estimate of drug-likeness (QED) is 0.698. The van der Waals surface area contributed by atoms with Gasteiger partial charge >= 0.3 is 17.6 Å². The fourth-order valence-electron chi connectivity index (χ4n) is 3.18. The van der Waals surface area contributed by atoms with E-state index in [0.717, 1.165) is 11.5 Å². The van der Waals surface area contributed by atoms with Crippen molar-refractivity contribution in [2.75, 3.05) is 12.3 Å². The van der Waals surface area contributed by atoms with Crippen molar-refractivity contribution in [3.05, 3.63) is 58.1 Å². The van der Waals surface area contributed by atoms with E-state index in [1.165, 1.54) is 6.20 Å². The highest BCUT2D eigenvalue weighted by Gasteiger charge is 2.49. The van der Waals surface area contributed by atoms with Gasteiger partial charge < -0.3 is 19.9 Å². The van der Waals surface area contributed by atoms with Gasteiger partial charge in [-0.3, -0.25) is 9.36 Å². The molecule has 9 nitrogen and oxygen atoms in total. The second-order valence-electron chi connectivity index (χ2n) is 6.74. The van der Waals surface area contributed by atoms with Crippen LogP contribution >= 0.6 is 0 Å². The van der Waals surface area contributed by atoms with Crippen molar-refractivity contribution < 1.29 is 28.2 Å². The number of esters is 2. The second-order valence-corrected chi connectivity index (χ2v) is 6.74. The number of nitrogens with zero attached hydrogens (tertiary/aromatic N) is 2. The van der Waals surface area contributed by atoms with Crippen molar-refractivity contribution in [2.24, 2.45) is 0 Å². The molecule has 1 aliphatic rings. The van der Waals surface area contributed by atoms with Gasteiger partial charge in [-0.05, 0) is 18.6 Å². The van der Waals surface area contributed by atoms with Crippen LogP contribution in [-0.4, -0.2) is 46.5 Å². The smallest absolute Gasteiger partial charge is 0.351 e. The van der Waals surface area contributed by atoms with Gasteiger partial charge in [0.25, 0.3) is 0 Å². The molecule has 2 N–H and O–H groups in total. The molecular weight excluding hydrogens is 397 g/mol. The number of hydrogen-bond acceptors (Lipinski definition) is 8. The summed E-state index contributed by atoms with van der Waals surface area (Å²) in [6, 6.07) is 8.21. The molecule has 0 radical (unpaired) electrons. The summed E-state index contributed by atoms with van der Waals surface area (Å²) in [6.07, 6.45) is -3.95. The number of nitrogens with two attached hydrogens (primary N) is 1. The third-order valence-electron chi connectivity index (χ3n) is 4.67. The largest absolute Gasteiger partial charge is 0.459 e. The zero-order chi connectivity index (χ0) is 21.8. The Hall–Kier alpha value is -3.27. The molecule has 10 heteroatoms. The number of rotatable bonds is 6. The molecule has 1 fully saturated rings. The number of carbonyl (C=O) groups excluding carboxylic acids is 2. The van der Waals surface area contributed by atoms with E-state index in [-0.39, 0.29) is 12.4 Å². The van der Waals surface area contributed by atoms with E-state index < -0.39 is 42.2 Å². The second kappa shape index (κ2) is 9.04. The topological polar surface area (TPSA) is 123 Å². The van der Waals surface area contributed by atoms with Crippen molar-refractivity contribution in [3.8, 4) is 0 Å². The lowest BCUT2D eigenvalue weighted by atomic mass is 10.1. The molecule has 0 spiro atoms. The molecule has 1 aliphatic heterocycles. The van der Waals surface area contributed by atoms with Crippen LogP contribution in [0.15, 0.2) is 41.3 Å². The Bertz CT molecular complexity index is 980. The average molecular weight is 419 g/mol. The fourth-order valence-corrected chi connectivity index (χ4v) is 3.18.